The Balaban J connectivity index is 1.69. The van der Waals surface area contributed by atoms with E-state index in [1.807, 2.05) is 20.0 Å². The Labute approximate surface area is 136 Å². The molecule has 2 heterocycles. The molecule has 0 radical (unpaired) electrons. The number of aromatic nitrogens is 2. The Morgan fingerprint density at radius 3 is 2.91 bits per heavy atom. The smallest absolute Gasteiger partial charge is 0.228 e. The van der Waals surface area contributed by atoms with Crippen LogP contribution in [-0.2, 0) is 0 Å². The first-order chi connectivity index (χ1) is 10.5. The highest BCUT2D eigenvalue weighted by Crippen LogP contribution is 2.53. The van der Waals surface area contributed by atoms with Gasteiger partial charge in [-0.05, 0) is 50.2 Å². The summed E-state index contributed by atoms with van der Waals surface area (Å²) in [5.41, 5.74) is 2.52. The van der Waals surface area contributed by atoms with E-state index in [4.69, 9.17) is 16.3 Å². The lowest BCUT2D eigenvalue weighted by atomic mass is 10.1. The standard InChI is InChI=1S/C17H22ClN3O/c1-12(8-14(3)18)10-22-15-13(2)9-19-16(20-15)21-7-6-17(11-21)4-5-17/h8-9H,3-7,10-11H2,1-2H3/b12-8+. The molecule has 1 spiro atoms. The van der Waals surface area contributed by atoms with Gasteiger partial charge in [-0.25, -0.2) is 4.98 Å². The van der Waals surface area contributed by atoms with E-state index in [1.165, 1.54) is 19.3 Å². The fourth-order valence-corrected chi connectivity index (χ4v) is 3.08. The lowest BCUT2D eigenvalue weighted by molar-refractivity contribution is 0.335. The summed E-state index contributed by atoms with van der Waals surface area (Å²) >= 11 is 5.77. The second-order valence-electron chi connectivity index (χ2n) is 6.56. The van der Waals surface area contributed by atoms with Crippen LogP contribution in [0, 0.1) is 12.3 Å². The van der Waals surface area contributed by atoms with Crippen LogP contribution in [0.2, 0.25) is 0 Å². The molecule has 0 atom stereocenters. The van der Waals surface area contributed by atoms with Gasteiger partial charge < -0.3 is 9.64 Å². The number of hydrogen-bond donors (Lipinski definition) is 0. The molecule has 1 aromatic rings. The van der Waals surface area contributed by atoms with Gasteiger partial charge in [0.05, 0.1) is 0 Å². The van der Waals surface area contributed by atoms with Gasteiger partial charge in [-0.3, -0.25) is 0 Å². The molecule has 0 unspecified atom stereocenters. The number of halogens is 1. The van der Waals surface area contributed by atoms with E-state index in [1.54, 1.807) is 6.08 Å². The van der Waals surface area contributed by atoms with Gasteiger partial charge in [0.2, 0.25) is 11.8 Å². The van der Waals surface area contributed by atoms with E-state index in [2.05, 4.69) is 21.4 Å². The molecular formula is C17H22ClN3O. The van der Waals surface area contributed by atoms with E-state index < -0.39 is 0 Å². The summed E-state index contributed by atoms with van der Waals surface area (Å²) in [6, 6.07) is 0. The second kappa shape index (κ2) is 5.92. The second-order valence-corrected chi connectivity index (χ2v) is 7.04. The molecule has 1 aliphatic carbocycles. The van der Waals surface area contributed by atoms with Gasteiger partial charge >= 0.3 is 0 Å². The minimum Gasteiger partial charge on any atom is -0.473 e. The molecule has 2 fully saturated rings. The number of ether oxygens (including phenoxy) is 1. The fraction of sp³-hybridized carbons (Fsp3) is 0.529. The quantitative estimate of drug-likeness (QED) is 0.773. The van der Waals surface area contributed by atoms with E-state index >= 15 is 0 Å². The van der Waals surface area contributed by atoms with Crippen molar-refractivity contribution < 1.29 is 4.74 Å². The van der Waals surface area contributed by atoms with Crippen LogP contribution in [0.5, 0.6) is 5.88 Å². The van der Waals surface area contributed by atoms with Gasteiger partial charge in [0.15, 0.2) is 0 Å². The van der Waals surface area contributed by atoms with Crippen LogP contribution in [0.1, 0.15) is 31.7 Å². The number of aryl methyl sites for hydroxylation is 1. The zero-order valence-corrected chi connectivity index (χ0v) is 14.0. The largest absolute Gasteiger partial charge is 0.473 e. The first-order valence-electron chi connectivity index (χ1n) is 7.70. The van der Waals surface area contributed by atoms with Gasteiger partial charge in [0.25, 0.3) is 0 Å². The van der Waals surface area contributed by atoms with Crippen LogP contribution in [0.15, 0.2) is 29.5 Å². The van der Waals surface area contributed by atoms with Crippen molar-refractivity contribution in [1.29, 1.82) is 0 Å². The van der Waals surface area contributed by atoms with Crippen molar-refractivity contribution >= 4 is 17.5 Å². The minimum absolute atomic E-state index is 0.451. The predicted octanol–water partition coefficient (Wildman–Crippen LogP) is 3.85. The molecule has 5 heteroatoms. The van der Waals surface area contributed by atoms with Crippen molar-refractivity contribution in [2.75, 3.05) is 24.6 Å². The highest BCUT2D eigenvalue weighted by molar-refractivity contribution is 6.30. The van der Waals surface area contributed by atoms with E-state index in [0.29, 0.717) is 22.9 Å². The Morgan fingerprint density at radius 1 is 1.50 bits per heavy atom. The summed E-state index contributed by atoms with van der Waals surface area (Å²) in [5, 5.41) is 0.507. The Bertz CT molecular complexity index is 622. The van der Waals surface area contributed by atoms with Crippen molar-refractivity contribution in [3.8, 4) is 5.88 Å². The Hall–Kier alpha value is -1.55. The van der Waals surface area contributed by atoms with Gasteiger partial charge in [0, 0.05) is 29.9 Å². The van der Waals surface area contributed by atoms with Gasteiger partial charge in [-0.15, -0.1) is 0 Å². The first kappa shape index (κ1) is 15.3. The van der Waals surface area contributed by atoms with Crippen LogP contribution in [-0.4, -0.2) is 29.7 Å². The maximum Gasteiger partial charge on any atom is 0.228 e. The maximum absolute atomic E-state index is 5.82. The number of anilines is 1. The number of rotatable bonds is 5. The van der Waals surface area contributed by atoms with Crippen LogP contribution >= 0.6 is 11.6 Å². The summed E-state index contributed by atoms with van der Waals surface area (Å²) in [6.07, 6.45) is 7.61. The summed E-state index contributed by atoms with van der Waals surface area (Å²) in [4.78, 5) is 11.4. The average molecular weight is 320 g/mol. The fourth-order valence-electron chi connectivity index (χ4n) is 2.90. The van der Waals surface area contributed by atoms with E-state index in [-0.39, 0.29) is 0 Å². The average Bonchev–Trinajstić information content (AvgIpc) is 3.07. The SMILES string of the molecule is C=C(Cl)/C=C(\C)COc1nc(N2CCC3(CC3)C2)ncc1C. The Kier molecular flexibility index (Phi) is 4.13. The number of nitrogens with zero attached hydrogens (tertiary/aromatic N) is 3. The zero-order chi connectivity index (χ0) is 15.7. The number of allylic oxidation sites excluding steroid dienone is 2. The lowest BCUT2D eigenvalue weighted by Crippen LogP contribution is -2.22. The molecule has 3 rings (SSSR count). The van der Waals surface area contributed by atoms with Gasteiger partial charge in [-0.2, -0.15) is 4.98 Å². The Morgan fingerprint density at radius 2 is 2.27 bits per heavy atom. The molecule has 1 aliphatic heterocycles. The van der Waals surface area contributed by atoms with Crippen LogP contribution < -0.4 is 9.64 Å². The van der Waals surface area contributed by atoms with Gasteiger partial charge in [-0.1, -0.05) is 18.2 Å². The molecule has 1 saturated carbocycles. The molecule has 1 aromatic heterocycles. The normalized spacial score (nSPS) is 19.6. The molecule has 2 aliphatic rings. The zero-order valence-electron chi connectivity index (χ0n) is 13.2. The third-order valence-electron chi connectivity index (χ3n) is 4.43. The van der Waals surface area contributed by atoms with Crippen molar-refractivity contribution in [2.24, 2.45) is 5.41 Å². The van der Waals surface area contributed by atoms with E-state index in [9.17, 15) is 0 Å². The summed E-state index contributed by atoms with van der Waals surface area (Å²) < 4.78 is 5.82. The molecule has 0 amide bonds. The van der Waals surface area contributed by atoms with Crippen molar-refractivity contribution in [2.45, 2.75) is 33.1 Å². The van der Waals surface area contributed by atoms with E-state index in [0.717, 1.165) is 30.2 Å². The summed E-state index contributed by atoms with van der Waals surface area (Å²) in [5.74, 6) is 1.43. The molecule has 4 nitrogen and oxygen atoms in total. The molecular weight excluding hydrogens is 298 g/mol. The van der Waals surface area contributed by atoms with Crippen molar-refractivity contribution in [3.63, 3.8) is 0 Å². The van der Waals surface area contributed by atoms with Crippen LogP contribution in [0.25, 0.3) is 0 Å². The lowest BCUT2D eigenvalue weighted by Gasteiger charge is -2.17. The molecule has 22 heavy (non-hydrogen) atoms. The molecule has 0 bridgehead atoms. The highest BCUT2D eigenvalue weighted by atomic mass is 35.5. The number of hydrogen-bond acceptors (Lipinski definition) is 4. The minimum atomic E-state index is 0.451. The third-order valence-corrected chi connectivity index (χ3v) is 4.54. The predicted molar refractivity (Wildman–Crippen MR) is 89.5 cm³/mol. The molecule has 0 N–H and O–H groups in total. The topological polar surface area (TPSA) is 38.2 Å². The summed E-state index contributed by atoms with van der Waals surface area (Å²) in [6.45, 7) is 10.2. The van der Waals surface area contributed by atoms with Crippen molar-refractivity contribution in [1.82, 2.24) is 9.97 Å². The monoisotopic (exact) mass is 319 g/mol. The van der Waals surface area contributed by atoms with Crippen molar-refractivity contribution in [3.05, 3.63) is 35.0 Å². The first-order valence-corrected chi connectivity index (χ1v) is 8.08. The summed E-state index contributed by atoms with van der Waals surface area (Å²) in [7, 11) is 0. The molecule has 118 valence electrons. The van der Waals surface area contributed by atoms with Crippen LogP contribution in [0.3, 0.4) is 0 Å². The van der Waals surface area contributed by atoms with Gasteiger partial charge in [0.1, 0.15) is 6.61 Å². The third kappa shape index (κ3) is 3.43. The maximum atomic E-state index is 5.82. The molecule has 1 saturated heterocycles. The highest BCUT2D eigenvalue weighted by Gasteiger charge is 2.48. The molecule has 0 aromatic carbocycles. The van der Waals surface area contributed by atoms with Crippen LogP contribution in [0.4, 0.5) is 5.95 Å².